The zero-order valence-corrected chi connectivity index (χ0v) is 27.5. The molecule has 46 heavy (non-hydrogen) atoms. The van der Waals surface area contributed by atoms with Crippen molar-refractivity contribution in [2.45, 2.75) is 82.5 Å². The number of likely N-dealkylation sites (tertiary alicyclic amines) is 1. The predicted octanol–water partition coefficient (Wildman–Crippen LogP) is 4.94. The first-order chi connectivity index (χ1) is 22.1. The Morgan fingerprint density at radius 2 is 1.89 bits per heavy atom. The molecule has 0 aromatic heterocycles. The van der Waals surface area contributed by atoms with Crippen LogP contribution in [0, 0.1) is 11.8 Å². The largest absolute Gasteiger partial charge is 0.497 e. The number of nitrogens with zero attached hydrogens (tertiary/aromatic N) is 3. The van der Waals surface area contributed by atoms with Crippen molar-refractivity contribution < 1.29 is 29.0 Å². The van der Waals surface area contributed by atoms with Gasteiger partial charge in [-0.25, -0.2) is 0 Å². The molecular weight excluding hydrogens is 582 g/mol. The van der Waals surface area contributed by atoms with Crippen molar-refractivity contribution in [2.24, 2.45) is 11.8 Å². The third kappa shape index (κ3) is 5.12. The van der Waals surface area contributed by atoms with Crippen LogP contribution in [0.4, 0.5) is 11.4 Å². The second-order valence-electron chi connectivity index (χ2n) is 13.8. The number of amides is 3. The van der Waals surface area contributed by atoms with Crippen molar-refractivity contribution in [1.29, 1.82) is 0 Å². The number of methoxy groups -OCH3 is 1. The Hall–Kier alpha value is -3.69. The highest BCUT2D eigenvalue weighted by Crippen LogP contribution is 2.60. The second kappa shape index (κ2) is 12.5. The number of hydrogen-bond donors (Lipinski definition) is 1. The molecule has 4 aliphatic rings. The van der Waals surface area contributed by atoms with Crippen LogP contribution >= 0.6 is 0 Å². The average molecular weight is 630 g/mol. The van der Waals surface area contributed by atoms with Gasteiger partial charge in [0.25, 0.3) is 5.91 Å². The van der Waals surface area contributed by atoms with Gasteiger partial charge < -0.3 is 29.3 Å². The molecule has 9 nitrogen and oxygen atoms in total. The molecule has 0 radical (unpaired) electrons. The third-order valence-electron chi connectivity index (χ3n) is 11.0. The number of hydrogen-bond acceptors (Lipinski definition) is 6. The van der Waals surface area contributed by atoms with Gasteiger partial charge in [0, 0.05) is 49.1 Å². The Kier molecular flexibility index (Phi) is 8.76. The molecule has 1 N–H and O–H groups in total. The Morgan fingerprint density at radius 3 is 2.57 bits per heavy atom. The van der Waals surface area contributed by atoms with Crippen molar-refractivity contribution in [3.63, 3.8) is 0 Å². The fraction of sp³-hybridized carbons (Fsp3) is 0.541. The predicted molar refractivity (Wildman–Crippen MR) is 177 cm³/mol. The number of rotatable bonds is 9. The summed E-state index contributed by atoms with van der Waals surface area (Å²) in [5.41, 5.74) is 1.45. The lowest BCUT2D eigenvalue weighted by atomic mass is 9.63. The minimum atomic E-state index is -1.35. The molecule has 5 atom stereocenters. The molecule has 0 bridgehead atoms. The van der Waals surface area contributed by atoms with Crippen LogP contribution in [-0.2, 0) is 30.1 Å². The fourth-order valence-corrected chi connectivity index (χ4v) is 8.70. The van der Waals surface area contributed by atoms with Gasteiger partial charge in [0.15, 0.2) is 5.60 Å². The monoisotopic (exact) mass is 629 g/mol. The Morgan fingerprint density at radius 1 is 1.13 bits per heavy atom. The summed E-state index contributed by atoms with van der Waals surface area (Å²) in [6.45, 7) is 11.8. The normalized spacial score (nSPS) is 27.9. The van der Waals surface area contributed by atoms with E-state index in [1.165, 1.54) is 0 Å². The van der Waals surface area contributed by atoms with E-state index in [1.807, 2.05) is 47.4 Å². The number of fused-ring (bicyclic) bond motifs is 2. The van der Waals surface area contributed by atoms with Gasteiger partial charge in [-0.05, 0) is 67.0 Å². The number of carbonyl (C=O) groups is 3. The van der Waals surface area contributed by atoms with E-state index in [9.17, 15) is 19.5 Å². The minimum Gasteiger partial charge on any atom is -0.497 e. The van der Waals surface area contributed by atoms with Crippen LogP contribution in [0.5, 0.6) is 5.75 Å². The molecule has 4 heterocycles. The quantitative estimate of drug-likeness (QED) is 0.395. The van der Waals surface area contributed by atoms with Crippen LogP contribution < -0.4 is 14.5 Å². The number of carbonyl (C=O) groups excluding carboxylic acids is 3. The first kappa shape index (κ1) is 32.3. The number of benzene rings is 2. The smallest absolute Gasteiger partial charge is 0.264 e. The lowest BCUT2D eigenvalue weighted by Crippen LogP contribution is -2.46. The summed E-state index contributed by atoms with van der Waals surface area (Å²) in [7, 11) is 1.64. The van der Waals surface area contributed by atoms with Crippen molar-refractivity contribution in [3.05, 3.63) is 66.2 Å². The van der Waals surface area contributed by atoms with Gasteiger partial charge in [0.05, 0.1) is 38.0 Å². The van der Waals surface area contributed by atoms with Crippen molar-refractivity contribution in [2.75, 3.05) is 43.2 Å². The third-order valence-corrected chi connectivity index (χ3v) is 11.0. The number of piperidine rings is 1. The van der Waals surface area contributed by atoms with E-state index < -0.39 is 17.1 Å². The summed E-state index contributed by atoms with van der Waals surface area (Å²) < 4.78 is 12.5. The Bertz CT molecular complexity index is 1500. The summed E-state index contributed by atoms with van der Waals surface area (Å²) in [6, 6.07) is 13.6. The highest BCUT2D eigenvalue weighted by Gasteiger charge is 2.66. The minimum absolute atomic E-state index is 0.0670. The molecule has 2 aromatic carbocycles. The molecular formula is C37H47N3O6. The first-order valence-corrected chi connectivity index (χ1v) is 16.7. The number of aliphatic hydroxyl groups is 1. The number of ether oxygens (including phenoxy) is 2. The van der Waals surface area contributed by atoms with Crippen molar-refractivity contribution in [3.8, 4) is 5.75 Å². The van der Waals surface area contributed by atoms with Crippen LogP contribution in [-0.4, -0.2) is 73.2 Å². The lowest BCUT2D eigenvalue weighted by Gasteiger charge is -2.39. The molecule has 0 unspecified atom stereocenters. The molecule has 4 aliphatic heterocycles. The molecule has 3 fully saturated rings. The van der Waals surface area contributed by atoms with Gasteiger partial charge in [-0.15, -0.1) is 6.58 Å². The standard InChI is InChI=1S/C37H47N3O6/c1-6-18-40-30-17-14-26(38-19-8-7-11-32(38)42)21-29(30)37(35(40)44)24(2)34(36(3,4)25-12-15-28(45-5)16-13-25)31(46-37)22-33(43)39-20-9-10-27(39)23-41/h6,12-17,21,24,27,31,34,41H,1,7-11,18-20,22-23H2,2-5H3/t24-,27+,31+,34-,37+/m1/s1. The molecule has 3 saturated heterocycles. The summed E-state index contributed by atoms with van der Waals surface area (Å²) in [5.74, 6) is 0.0320. The molecule has 6 rings (SSSR count). The van der Waals surface area contributed by atoms with Crippen LogP contribution in [0.25, 0.3) is 0 Å². The number of aliphatic hydroxyl groups excluding tert-OH is 1. The van der Waals surface area contributed by atoms with Crippen molar-refractivity contribution >= 4 is 29.1 Å². The topological polar surface area (TPSA) is 99.6 Å². The van der Waals surface area contributed by atoms with E-state index >= 15 is 0 Å². The van der Waals surface area contributed by atoms with Gasteiger partial charge in [-0.3, -0.25) is 14.4 Å². The zero-order chi connectivity index (χ0) is 32.8. The molecule has 0 saturated carbocycles. The van der Waals surface area contributed by atoms with Gasteiger partial charge in [-0.2, -0.15) is 0 Å². The highest BCUT2D eigenvalue weighted by molar-refractivity contribution is 6.08. The van der Waals surface area contributed by atoms with E-state index in [0.29, 0.717) is 26.1 Å². The molecule has 2 aromatic rings. The average Bonchev–Trinajstić information content (AvgIpc) is 3.72. The Balaban J connectivity index is 1.47. The second-order valence-corrected chi connectivity index (χ2v) is 13.8. The lowest BCUT2D eigenvalue weighted by molar-refractivity contribution is -0.150. The maximum absolute atomic E-state index is 14.7. The van der Waals surface area contributed by atoms with E-state index in [4.69, 9.17) is 9.47 Å². The van der Waals surface area contributed by atoms with Crippen LogP contribution in [0.3, 0.4) is 0 Å². The van der Waals surface area contributed by atoms with Crippen molar-refractivity contribution in [1.82, 2.24) is 4.90 Å². The van der Waals surface area contributed by atoms with Gasteiger partial charge >= 0.3 is 0 Å². The first-order valence-electron chi connectivity index (χ1n) is 16.7. The molecule has 9 heteroatoms. The fourth-order valence-electron chi connectivity index (χ4n) is 8.70. The maximum Gasteiger partial charge on any atom is 0.264 e. The molecule has 1 spiro atoms. The highest BCUT2D eigenvalue weighted by atomic mass is 16.5. The molecule has 246 valence electrons. The number of anilines is 2. The summed E-state index contributed by atoms with van der Waals surface area (Å²) >= 11 is 0. The van der Waals surface area contributed by atoms with E-state index in [0.717, 1.165) is 53.9 Å². The molecule has 0 aliphatic carbocycles. The van der Waals surface area contributed by atoms with Gasteiger partial charge in [-0.1, -0.05) is 39.0 Å². The molecule has 3 amide bonds. The van der Waals surface area contributed by atoms with Crippen LogP contribution in [0.1, 0.15) is 70.4 Å². The summed E-state index contributed by atoms with van der Waals surface area (Å²) in [6.07, 6.45) is 5.16. The van der Waals surface area contributed by atoms with Crippen LogP contribution in [0.2, 0.25) is 0 Å². The summed E-state index contributed by atoms with van der Waals surface area (Å²) in [5, 5.41) is 9.98. The van der Waals surface area contributed by atoms with Crippen LogP contribution in [0.15, 0.2) is 55.1 Å². The van der Waals surface area contributed by atoms with Gasteiger partial charge in [0.2, 0.25) is 11.8 Å². The van der Waals surface area contributed by atoms with E-state index in [-0.39, 0.29) is 48.6 Å². The summed E-state index contributed by atoms with van der Waals surface area (Å²) in [4.78, 5) is 47.0. The van der Waals surface area contributed by atoms with E-state index in [2.05, 4.69) is 27.4 Å². The SMILES string of the molecule is C=CCN1C(=O)[C@@]2(O[C@@H](CC(=O)N3CCC[C@H]3CO)[C@H](C(C)(C)c3ccc(OC)cc3)[C@H]2C)c2cc(N3CCCCC3=O)ccc21. The van der Waals surface area contributed by atoms with E-state index in [1.54, 1.807) is 23.0 Å². The zero-order valence-electron chi connectivity index (χ0n) is 27.5. The maximum atomic E-state index is 14.7. The van der Waals surface area contributed by atoms with Gasteiger partial charge in [0.1, 0.15) is 5.75 Å². The Labute approximate surface area is 272 Å².